The number of hydrogen-bond acceptors (Lipinski definition) is 6. The predicted molar refractivity (Wildman–Crippen MR) is 86.0 cm³/mol. The molecule has 2 atom stereocenters. The van der Waals surface area contributed by atoms with Crippen LogP contribution in [0.2, 0.25) is 0 Å². The van der Waals surface area contributed by atoms with Gasteiger partial charge in [-0.1, -0.05) is 12.1 Å². The molecule has 0 aliphatic carbocycles. The fourth-order valence-electron chi connectivity index (χ4n) is 3.18. The number of ether oxygens (including phenoxy) is 1. The first-order valence-electron chi connectivity index (χ1n) is 8.03. The van der Waals surface area contributed by atoms with Gasteiger partial charge >= 0.3 is 0 Å². The summed E-state index contributed by atoms with van der Waals surface area (Å²) in [5.74, 6) is 2.44. The number of likely N-dealkylation sites (tertiary alicyclic amines) is 1. The molecule has 3 rings (SSSR count). The number of nitrogens with zero attached hydrogens (tertiary/aromatic N) is 3. The summed E-state index contributed by atoms with van der Waals surface area (Å²) < 4.78 is 10.5. The van der Waals surface area contributed by atoms with Crippen molar-refractivity contribution in [1.29, 1.82) is 0 Å². The normalized spacial score (nSPS) is 22.2. The summed E-state index contributed by atoms with van der Waals surface area (Å²) in [7, 11) is 1.64. The first-order valence-corrected chi connectivity index (χ1v) is 8.03. The molecule has 23 heavy (non-hydrogen) atoms. The van der Waals surface area contributed by atoms with Crippen LogP contribution in [0.4, 0.5) is 0 Å². The number of rotatable bonds is 5. The third kappa shape index (κ3) is 3.54. The number of methoxy groups -OCH3 is 1. The molecular weight excluding hydrogens is 294 g/mol. The summed E-state index contributed by atoms with van der Waals surface area (Å²) in [6.45, 7) is 3.92. The van der Waals surface area contributed by atoms with Gasteiger partial charge in [-0.05, 0) is 49.6 Å². The molecule has 6 heteroatoms. The summed E-state index contributed by atoms with van der Waals surface area (Å²) in [5.41, 5.74) is 0.871. The highest BCUT2D eigenvalue weighted by Crippen LogP contribution is 2.25. The van der Waals surface area contributed by atoms with Crippen molar-refractivity contribution in [2.75, 3.05) is 20.3 Å². The molecule has 2 heterocycles. The van der Waals surface area contributed by atoms with E-state index >= 15 is 0 Å². The van der Waals surface area contributed by atoms with E-state index in [1.165, 1.54) is 0 Å². The van der Waals surface area contributed by atoms with Crippen LogP contribution in [-0.2, 0) is 6.54 Å². The molecule has 0 radical (unpaired) electrons. The Morgan fingerprint density at radius 2 is 2.13 bits per heavy atom. The number of piperidine rings is 1. The van der Waals surface area contributed by atoms with E-state index in [-0.39, 0.29) is 12.6 Å². The number of aliphatic hydroxyl groups excluding tert-OH is 1. The average Bonchev–Trinajstić information content (AvgIpc) is 3.04. The Kier molecular flexibility index (Phi) is 4.93. The quantitative estimate of drug-likeness (QED) is 0.912. The lowest BCUT2D eigenvalue weighted by atomic mass is 9.91. The highest BCUT2D eigenvalue weighted by molar-refractivity contribution is 5.54. The van der Waals surface area contributed by atoms with Crippen LogP contribution in [0.3, 0.4) is 0 Å². The number of hydrogen-bond donors (Lipinski definition) is 1. The summed E-state index contributed by atoms with van der Waals surface area (Å²) in [4.78, 5) is 6.73. The SMILES string of the molecule is COc1ccc(-c2nc(CN3CCCC(C)C3CO)no2)cc1. The smallest absolute Gasteiger partial charge is 0.257 e. The molecule has 2 aromatic rings. The van der Waals surface area contributed by atoms with E-state index in [4.69, 9.17) is 9.26 Å². The molecule has 124 valence electrons. The van der Waals surface area contributed by atoms with Crippen LogP contribution in [0.25, 0.3) is 11.5 Å². The second kappa shape index (κ2) is 7.10. The van der Waals surface area contributed by atoms with Gasteiger partial charge in [0.25, 0.3) is 5.89 Å². The first-order chi connectivity index (χ1) is 11.2. The Bertz CT molecular complexity index is 626. The molecule has 0 amide bonds. The highest BCUT2D eigenvalue weighted by Gasteiger charge is 2.28. The van der Waals surface area contributed by atoms with Gasteiger partial charge in [-0.2, -0.15) is 4.98 Å². The maximum Gasteiger partial charge on any atom is 0.257 e. The molecule has 1 aliphatic rings. The molecule has 1 N–H and O–H groups in total. The maximum absolute atomic E-state index is 9.62. The molecule has 1 aromatic carbocycles. The van der Waals surface area contributed by atoms with Crippen LogP contribution in [-0.4, -0.2) is 46.5 Å². The third-order valence-electron chi connectivity index (χ3n) is 4.57. The molecule has 2 unspecified atom stereocenters. The molecule has 1 fully saturated rings. The minimum absolute atomic E-state index is 0.171. The number of aromatic nitrogens is 2. The van der Waals surface area contributed by atoms with Gasteiger partial charge in [-0.15, -0.1) is 0 Å². The fraction of sp³-hybridized carbons (Fsp3) is 0.529. The van der Waals surface area contributed by atoms with Gasteiger partial charge in [0.1, 0.15) is 5.75 Å². The predicted octanol–water partition coefficient (Wildman–Crippen LogP) is 2.34. The Morgan fingerprint density at radius 3 is 2.83 bits per heavy atom. The molecule has 6 nitrogen and oxygen atoms in total. The molecule has 1 saturated heterocycles. The molecule has 0 bridgehead atoms. The molecule has 0 spiro atoms. The van der Waals surface area contributed by atoms with Gasteiger partial charge in [0.2, 0.25) is 0 Å². The van der Waals surface area contributed by atoms with Crippen LogP contribution >= 0.6 is 0 Å². The van der Waals surface area contributed by atoms with Gasteiger partial charge in [-0.3, -0.25) is 4.90 Å². The molecule has 1 aromatic heterocycles. The largest absolute Gasteiger partial charge is 0.497 e. The minimum Gasteiger partial charge on any atom is -0.497 e. The van der Waals surface area contributed by atoms with Crippen molar-refractivity contribution in [2.24, 2.45) is 5.92 Å². The van der Waals surface area contributed by atoms with Crippen LogP contribution in [0.5, 0.6) is 5.75 Å². The number of aliphatic hydroxyl groups is 1. The van der Waals surface area contributed by atoms with Crippen molar-refractivity contribution < 1.29 is 14.4 Å². The van der Waals surface area contributed by atoms with Crippen LogP contribution < -0.4 is 4.74 Å². The standard InChI is InChI=1S/C17H23N3O3/c1-12-4-3-9-20(15(12)11-21)10-16-18-17(23-19-16)13-5-7-14(22-2)8-6-13/h5-8,12,15,21H,3-4,9-11H2,1-2H3. The van der Waals surface area contributed by atoms with E-state index in [2.05, 4.69) is 22.0 Å². The Morgan fingerprint density at radius 1 is 1.35 bits per heavy atom. The lowest BCUT2D eigenvalue weighted by molar-refractivity contribution is 0.0449. The van der Waals surface area contributed by atoms with Crippen molar-refractivity contribution >= 4 is 0 Å². The van der Waals surface area contributed by atoms with Crippen molar-refractivity contribution in [2.45, 2.75) is 32.4 Å². The molecular formula is C17H23N3O3. The Hall–Kier alpha value is -1.92. The highest BCUT2D eigenvalue weighted by atomic mass is 16.5. The van der Waals surface area contributed by atoms with Crippen molar-refractivity contribution in [3.63, 3.8) is 0 Å². The summed E-state index contributed by atoms with van der Waals surface area (Å²) in [6, 6.07) is 7.71. The average molecular weight is 317 g/mol. The van der Waals surface area contributed by atoms with Crippen LogP contribution in [0, 0.1) is 5.92 Å². The van der Waals surface area contributed by atoms with E-state index < -0.39 is 0 Å². The first kappa shape index (κ1) is 16.0. The van der Waals surface area contributed by atoms with Gasteiger partial charge in [0, 0.05) is 11.6 Å². The van der Waals surface area contributed by atoms with Crippen LogP contribution in [0.1, 0.15) is 25.6 Å². The van der Waals surface area contributed by atoms with E-state index in [0.29, 0.717) is 24.2 Å². The zero-order chi connectivity index (χ0) is 16.2. The maximum atomic E-state index is 9.62. The zero-order valence-electron chi connectivity index (χ0n) is 13.6. The van der Waals surface area contributed by atoms with Crippen molar-refractivity contribution in [1.82, 2.24) is 15.0 Å². The second-order valence-electron chi connectivity index (χ2n) is 6.08. The minimum atomic E-state index is 0.171. The fourth-order valence-corrected chi connectivity index (χ4v) is 3.18. The van der Waals surface area contributed by atoms with Crippen molar-refractivity contribution in [3.05, 3.63) is 30.1 Å². The van der Waals surface area contributed by atoms with Crippen LogP contribution in [0.15, 0.2) is 28.8 Å². The monoisotopic (exact) mass is 317 g/mol. The van der Waals surface area contributed by atoms with Gasteiger partial charge in [0.15, 0.2) is 5.82 Å². The van der Waals surface area contributed by atoms with Gasteiger partial charge in [0.05, 0.1) is 20.3 Å². The topological polar surface area (TPSA) is 71.6 Å². The summed E-state index contributed by atoms with van der Waals surface area (Å²) in [5, 5.41) is 13.7. The second-order valence-corrected chi connectivity index (χ2v) is 6.08. The van der Waals surface area contributed by atoms with Gasteiger partial charge in [-0.25, -0.2) is 0 Å². The molecule has 1 aliphatic heterocycles. The van der Waals surface area contributed by atoms with E-state index in [1.807, 2.05) is 24.3 Å². The lowest BCUT2D eigenvalue weighted by Crippen LogP contribution is -2.46. The summed E-state index contributed by atoms with van der Waals surface area (Å²) in [6.07, 6.45) is 2.30. The van der Waals surface area contributed by atoms with E-state index in [1.54, 1.807) is 7.11 Å². The van der Waals surface area contributed by atoms with Gasteiger partial charge < -0.3 is 14.4 Å². The zero-order valence-corrected chi connectivity index (χ0v) is 13.6. The van der Waals surface area contributed by atoms with Crippen molar-refractivity contribution in [3.8, 4) is 17.2 Å². The third-order valence-corrected chi connectivity index (χ3v) is 4.57. The molecule has 0 saturated carbocycles. The van der Waals surface area contributed by atoms with E-state index in [9.17, 15) is 5.11 Å². The van der Waals surface area contributed by atoms with E-state index in [0.717, 1.165) is 30.7 Å². The summed E-state index contributed by atoms with van der Waals surface area (Å²) >= 11 is 0. The number of benzene rings is 1. The lowest BCUT2D eigenvalue weighted by Gasteiger charge is -2.38. The Labute approximate surface area is 136 Å². The Balaban J connectivity index is 1.71.